The largest absolute Gasteiger partial charge is 0.463 e. The third kappa shape index (κ3) is 353. The molecule has 1 aliphatic heterocycles. The highest BCUT2D eigenvalue weighted by Crippen LogP contribution is 2.10. The summed E-state index contributed by atoms with van der Waals surface area (Å²) in [6, 6.07) is 10.5. The number of carbonyl (C=O) groups excluding carboxylic acids is 2. The van der Waals surface area contributed by atoms with E-state index in [2.05, 4.69) is 130 Å². The van der Waals surface area contributed by atoms with Crippen molar-refractivity contribution < 1.29 is 28.9 Å². The first-order chi connectivity index (χ1) is 22.4. The van der Waals surface area contributed by atoms with E-state index >= 15 is 0 Å². The highest BCUT2D eigenvalue weighted by molar-refractivity contribution is 5.86. The molecule has 0 radical (unpaired) electrons. The molecule has 1 aliphatic rings. The zero-order valence-electron chi connectivity index (χ0n) is 34.4. The lowest BCUT2D eigenvalue weighted by atomic mass is 10.2. The Kier molecular flexibility index (Phi) is 696. The smallest absolute Gasteiger partial charge is 0.333 e. The van der Waals surface area contributed by atoms with Crippen LogP contribution in [0.5, 0.6) is 0 Å². The third-order valence-corrected chi connectivity index (χ3v) is 3.89. The first-order valence-corrected chi connectivity index (χ1v) is 18.1. The predicted molar refractivity (Wildman–Crippen MR) is 353 cm³/mol. The van der Waals surface area contributed by atoms with E-state index in [0.29, 0.717) is 24.9 Å². The normalized spacial score (nSPS) is 7.10. The molecule has 1 heterocycles. The topological polar surface area (TPSA) is 85.4 Å². The minimum absolute atomic E-state index is 0. The van der Waals surface area contributed by atoms with Gasteiger partial charge in [-0.1, -0.05) is 327 Å². The number of aryl methyl sites for hydroxylation is 1. The Morgan fingerprint density at radius 3 is 0.868 bits per heavy atom. The molecule has 0 aromatic heterocycles. The van der Waals surface area contributed by atoms with Gasteiger partial charge in [0.25, 0.3) is 0 Å². The fourth-order valence-corrected chi connectivity index (χ4v) is 1.83. The first kappa shape index (κ1) is 204. The maximum atomic E-state index is 10.4. The Morgan fingerprint density at radius 2 is 0.794 bits per heavy atom. The van der Waals surface area contributed by atoms with Crippen molar-refractivity contribution >= 4 is 11.9 Å². The van der Waals surface area contributed by atoms with Crippen molar-refractivity contribution in [2.75, 3.05) is 26.9 Å². The predicted octanol–water partition coefficient (Wildman–Crippen LogP) is 25.7. The molecule has 452 valence electrons. The Labute approximate surface area is 450 Å². The standard InChI is InChI=1S/C8H10.C6H10O2.C5H8O2.C5H12.C4H8O.4C3H8.CH4O.21CH4/c1-2-8-6-4-3-5-7-8;1-4-8-6(7)5(2)3;1-3-5(6)7-4-2;1-3-5-4-2;1-2-4-3-5-4;4*1-3-2;1-2;;;;;;;;;;;;;;;;;;;;;/h3-7H,2H2,1H3;2,4H2,1,3H3;3H,1,4H2,2H3;3-5H2,1-2H3;4H,2-3H2,1H3;4*3H2,1-2H3;2H,1H3;21*1H4. The van der Waals surface area contributed by atoms with Crippen LogP contribution in [0.25, 0.3) is 0 Å². The maximum absolute atomic E-state index is 10.4. The molecule has 68 heavy (non-hydrogen) atoms. The van der Waals surface area contributed by atoms with Gasteiger partial charge in [-0.3, -0.25) is 0 Å². The lowest BCUT2D eigenvalue weighted by molar-refractivity contribution is -0.138. The van der Waals surface area contributed by atoms with Gasteiger partial charge < -0.3 is 19.3 Å². The highest BCUT2D eigenvalue weighted by atomic mass is 16.6. The summed E-state index contributed by atoms with van der Waals surface area (Å²) < 4.78 is 13.9. The van der Waals surface area contributed by atoms with Crippen LogP contribution in [0.3, 0.4) is 0 Å². The van der Waals surface area contributed by atoms with Crippen molar-refractivity contribution in [1.82, 2.24) is 0 Å². The van der Waals surface area contributed by atoms with Crippen molar-refractivity contribution in [3.8, 4) is 0 Å². The molecule has 1 saturated heterocycles. The summed E-state index contributed by atoms with van der Waals surface area (Å²) in [5, 5.41) is 7.00. The molecule has 0 bridgehead atoms. The molecule has 2 rings (SSSR count). The van der Waals surface area contributed by atoms with E-state index in [4.69, 9.17) is 9.84 Å². The Hall–Kier alpha value is -2.44. The molecule has 0 spiro atoms. The van der Waals surface area contributed by atoms with Crippen molar-refractivity contribution in [1.29, 1.82) is 0 Å². The average Bonchev–Trinajstić information content (AvgIpc) is 3.91. The fourth-order valence-electron chi connectivity index (χ4n) is 1.83. The SMILES string of the molecule is C.C.C.C.C.C.C.C.C.C.C.C.C.C.C.C.C.C.C.C.C.C=C(C)C(=O)OCC.C=CC(=O)OCC.CCC.CCC.CCC.CCC.CCC1CO1.CCCCC.CCc1ccccc1.CO. The van der Waals surface area contributed by atoms with Crippen LogP contribution in [0.15, 0.2) is 55.1 Å². The Bertz CT molecular complexity index is 649. The highest BCUT2D eigenvalue weighted by Gasteiger charge is 2.18. The molecule has 6 nitrogen and oxygen atoms in total. The zero-order valence-corrected chi connectivity index (χ0v) is 34.4. The first-order valence-electron chi connectivity index (χ1n) is 18.1. The second kappa shape index (κ2) is 232. The number of benzene rings is 1. The molecular formula is C62H168O6. The summed E-state index contributed by atoms with van der Waals surface area (Å²) in [4.78, 5) is 20.5. The van der Waals surface area contributed by atoms with Gasteiger partial charge in [-0.05, 0) is 39.2 Å². The van der Waals surface area contributed by atoms with Crippen LogP contribution in [0.2, 0.25) is 0 Å². The van der Waals surface area contributed by atoms with E-state index in [9.17, 15) is 9.59 Å². The van der Waals surface area contributed by atoms with Crippen LogP contribution < -0.4 is 0 Å². The molecule has 0 saturated carbocycles. The van der Waals surface area contributed by atoms with E-state index in [-0.39, 0.29) is 168 Å². The molecule has 1 aromatic rings. The fraction of sp³-hybridized carbons (Fsp3) is 0.806. The number of aliphatic hydroxyl groups is 1. The summed E-state index contributed by atoms with van der Waals surface area (Å²) in [5.41, 5.74) is 1.86. The van der Waals surface area contributed by atoms with Gasteiger partial charge in [0.2, 0.25) is 0 Å². The van der Waals surface area contributed by atoms with Crippen molar-refractivity contribution in [3.63, 3.8) is 0 Å². The Balaban J connectivity index is -0.00000000909. The lowest BCUT2D eigenvalue weighted by Gasteiger charge is -1.96. The van der Waals surface area contributed by atoms with Crippen LogP contribution in [0.4, 0.5) is 0 Å². The minimum atomic E-state index is -0.359. The van der Waals surface area contributed by atoms with E-state index in [1.54, 1.807) is 20.8 Å². The monoisotopic (exact) mass is 1010 g/mol. The molecule has 0 amide bonds. The van der Waals surface area contributed by atoms with Crippen LogP contribution in [0, 0.1) is 0 Å². The van der Waals surface area contributed by atoms with E-state index in [0.717, 1.165) is 26.2 Å². The van der Waals surface area contributed by atoms with E-state index < -0.39 is 0 Å². The molecule has 1 N–H and O–H groups in total. The number of hydrogen-bond acceptors (Lipinski definition) is 6. The number of epoxide rings is 1. The van der Waals surface area contributed by atoms with Crippen LogP contribution in [0.1, 0.15) is 317 Å². The van der Waals surface area contributed by atoms with Gasteiger partial charge in [-0.2, -0.15) is 0 Å². The molecule has 0 aliphatic carbocycles. The summed E-state index contributed by atoms with van der Waals surface area (Å²) in [6.45, 7) is 39.3. The van der Waals surface area contributed by atoms with Crippen LogP contribution in [-0.2, 0) is 30.2 Å². The van der Waals surface area contributed by atoms with E-state index in [1.165, 1.54) is 56.9 Å². The maximum Gasteiger partial charge on any atom is 0.333 e. The van der Waals surface area contributed by atoms with Gasteiger partial charge in [0.05, 0.1) is 25.9 Å². The Morgan fingerprint density at radius 1 is 0.544 bits per heavy atom. The number of hydrogen-bond donors (Lipinski definition) is 1. The molecule has 6 heteroatoms. The quantitative estimate of drug-likeness (QED) is 0.159. The number of esters is 2. The van der Waals surface area contributed by atoms with Crippen LogP contribution in [-0.4, -0.2) is 50.1 Å². The van der Waals surface area contributed by atoms with Crippen molar-refractivity contribution in [2.24, 2.45) is 0 Å². The second-order valence-corrected chi connectivity index (χ2v) is 9.84. The zero-order chi connectivity index (χ0) is 38.7. The van der Waals surface area contributed by atoms with Gasteiger partial charge in [0, 0.05) is 18.8 Å². The summed E-state index contributed by atoms with van der Waals surface area (Å²) in [6.07, 6.45) is 13.2. The van der Waals surface area contributed by atoms with Crippen LogP contribution >= 0.6 is 0 Å². The lowest BCUT2D eigenvalue weighted by Crippen LogP contribution is -2.03. The molecule has 1 aromatic carbocycles. The van der Waals surface area contributed by atoms with Gasteiger partial charge in [-0.15, -0.1) is 0 Å². The molecule has 1 unspecified atom stereocenters. The van der Waals surface area contributed by atoms with Gasteiger partial charge in [0.15, 0.2) is 0 Å². The number of carbonyl (C=O) groups is 2. The third-order valence-electron chi connectivity index (χ3n) is 3.89. The average molecular weight is 1010 g/mol. The summed E-state index contributed by atoms with van der Waals surface area (Å²) >= 11 is 0. The molecule has 1 atom stereocenters. The van der Waals surface area contributed by atoms with Crippen molar-refractivity contribution in [2.45, 2.75) is 324 Å². The van der Waals surface area contributed by atoms with Gasteiger partial charge in [-0.25, -0.2) is 9.59 Å². The number of aliphatic hydroxyl groups excluding tert-OH is 1. The second-order valence-electron chi connectivity index (χ2n) is 9.84. The molecule has 1 fully saturated rings. The number of ether oxygens (including phenoxy) is 3. The summed E-state index contributed by atoms with van der Waals surface area (Å²) in [7, 11) is 1.00. The number of unbranched alkanes of at least 4 members (excludes halogenated alkanes) is 2. The minimum Gasteiger partial charge on any atom is -0.463 e. The van der Waals surface area contributed by atoms with Gasteiger partial charge >= 0.3 is 11.9 Å². The van der Waals surface area contributed by atoms with Crippen molar-refractivity contribution in [3.05, 3.63) is 60.7 Å². The van der Waals surface area contributed by atoms with Gasteiger partial charge in [0.1, 0.15) is 0 Å². The van der Waals surface area contributed by atoms with E-state index in [1.807, 2.05) is 6.07 Å². The number of rotatable bonds is 8. The molecular weight excluding hydrogens is 841 g/mol. The summed E-state index contributed by atoms with van der Waals surface area (Å²) in [5.74, 6) is -0.671.